The maximum atomic E-state index is 14.6. The number of H-pyrrole nitrogens is 2. The molecule has 0 saturated carbocycles. The van der Waals surface area contributed by atoms with E-state index in [9.17, 15) is 17.9 Å². The monoisotopic (exact) mass is 601 g/mol. The summed E-state index contributed by atoms with van der Waals surface area (Å²) in [5.74, 6) is -0.0552. The van der Waals surface area contributed by atoms with E-state index in [1.165, 1.54) is 12.1 Å². The molecule has 0 bridgehead atoms. The van der Waals surface area contributed by atoms with Crippen LogP contribution < -0.4 is 10.0 Å². The first-order valence-electron chi connectivity index (χ1n) is 13.5. The van der Waals surface area contributed by atoms with Crippen LogP contribution in [0.3, 0.4) is 0 Å². The average Bonchev–Trinajstić information content (AvgIpc) is 3.59. The third-order valence-electron chi connectivity index (χ3n) is 6.79. The van der Waals surface area contributed by atoms with E-state index < -0.39 is 22.1 Å². The second-order valence-corrected chi connectivity index (χ2v) is 12.0. The third-order valence-corrected chi connectivity index (χ3v) is 7.46. The van der Waals surface area contributed by atoms with Gasteiger partial charge in [0.2, 0.25) is 10.0 Å². The van der Waals surface area contributed by atoms with Gasteiger partial charge in [0.15, 0.2) is 11.5 Å². The SMILES string of the molecule is CCCC(O)Nc1cncc(-c2cc3c(-c4nc5c(-c6cc(F)cc(CNS(C)(=O)=O)c6)ccnc5[nH]4)n[nH]c3cn2)c1. The predicted molar refractivity (Wildman–Crippen MR) is 162 cm³/mol. The molecule has 43 heavy (non-hydrogen) atoms. The van der Waals surface area contributed by atoms with Crippen molar-refractivity contribution in [2.45, 2.75) is 32.5 Å². The van der Waals surface area contributed by atoms with Gasteiger partial charge in [0.05, 0.1) is 35.5 Å². The summed E-state index contributed by atoms with van der Waals surface area (Å²) in [6.07, 6.45) is 8.44. The molecule has 1 aromatic carbocycles. The number of imidazole rings is 1. The van der Waals surface area contributed by atoms with E-state index in [0.29, 0.717) is 62.7 Å². The van der Waals surface area contributed by atoms with E-state index in [-0.39, 0.29) is 6.54 Å². The number of benzene rings is 1. The molecule has 5 aromatic heterocycles. The molecule has 0 radical (unpaired) electrons. The molecule has 0 aliphatic heterocycles. The minimum absolute atomic E-state index is 0.0485. The summed E-state index contributed by atoms with van der Waals surface area (Å²) in [6.45, 7) is 1.95. The number of sulfonamides is 1. The fraction of sp³-hybridized carbons (Fsp3) is 0.207. The second kappa shape index (κ2) is 11.5. The summed E-state index contributed by atoms with van der Waals surface area (Å²) in [5.41, 5.74) is 5.92. The lowest BCUT2D eigenvalue weighted by Crippen LogP contribution is -2.21. The number of nitrogens with one attached hydrogen (secondary N) is 4. The molecule has 0 amide bonds. The van der Waals surface area contributed by atoms with Crippen LogP contribution in [0.25, 0.3) is 56.0 Å². The van der Waals surface area contributed by atoms with Crippen LogP contribution in [0, 0.1) is 5.82 Å². The van der Waals surface area contributed by atoms with E-state index >= 15 is 0 Å². The molecule has 6 aromatic rings. The minimum Gasteiger partial charge on any atom is -0.374 e. The predicted octanol–water partition coefficient (Wildman–Crippen LogP) is 4.34. The van der Waals surface area contributed by atoms with Crippen molar-refractivity contribution in [3.05, 3.63) is 72.6 Å². The lowest BCUT2D eigenvalue weighted by atomic mass is 10.0. The van der Waals surface area contributed by atoms with Crippen LogP contribution in [0.2, 0.25) is 0 Å². The molecule has 5 heterocycles. The van der Waals surface area contributed by atoms with Crippen LogP contribution in [0.1, 0.15) is 25.3 Å². The van der Waals surface area contributed by atoms with Gasteiger partial charge >= 0.3 is 0 Å². The van der Waals surface area contributed by atoms with Gasteiger partial charge < -0.3 is 15.4 Å². The summed E-state index contributed by atoms with van der Waals surface area (Å²) in [4.78, 5) is 21.3. The van der Waals surface area contributed by atoms with Gasteiger partial charge in [0, 0.05) is 35.5 Å². The first-order valence-corrected chi connectivity index (χ1v) is 15.4. The zero-order chi connectivity index (χ0) is 30.1. The average molecular weight is 602 g/mol. The minimum atomic E-state index is -3.45. The van der Waals surface area contributed by atoms with Crippen LogP contribution in [0.15, 0.2) is 61.2 Å². The first kappa shape index (κ1) is 28.3. The van der Waals surface area contributed by atoms with Crippen molar-refractivity contribution < 1.29 is 17.9 Å². The van der Waals surface area contributed by atoms with Gasteiger partial charge in [-0.25, -0.2) is 27.5 Å². The molecule has 220 valence electrons. The van der Waals surface area contributed by atoms with Crippen LogP contribution in [-0.2, 0) is 16.6 Å². The molecule has 14 heteroatoms. The normalized spacial score (nSPS) is 12.7. The van der Waals surface area contributed by atoms with Crippen molar-refractivity contribution in [3.63, 3.8) is 0 Å². The quantitative estimate of drug-likeness (QED) is 0.143. The zero-order valence-corrected chi connectivity index (χ0v) is 24.1. The summed E-state index contributed by atoms with van der Waals surface area (Å²) in [7, 11) is -3.45. The smallest absolute Gasteiger partial charge is 0.209 e. The Hall–Kier alpha value is -4.79. The second-order valence-electron chi connectivity index (χ2n) is 10.2. The Kier molecular flexibility index (Phi) is 7.56. The van der Waals surface area contributed by atoms with Crippen molar-refractivity contribution >= 4 is 37.8 Å². The number of pyridine rings is 3. The third kappa shape index (κ3) is 6.21. The Bertz CT molecular complexity index is 2060. The number of hydrogen-bond acceptors (Lipinski definition) is 9. The molecule has 12 nitrogen and oxygen atoms in total. The molecule has 0 fully saturated rings. The van der Waals surface area contributed by atoms with E-state index in [2.05, 4.69) is 40.2 Å². The van der Waals surface area contributed by atoms with Gasteiger partial charge in [0.1, 0.15) is 23.3 Å². The topological polar surface area (TPSA) is 174 Å². The Labute approximate surface area is 245 Å². The fourth-order valence-corrected chi connectivity index (χ4v) is 5.26. The summed E-state index contributed by atoms with van der Waals surface area (Å²) in [6, 6.07) is 9.85. The number of hydrogen-bond donors (Lipinski definition) is 5. The highest BCUT2D eigenvalue weighted by atomic mass is 32.2. The molecule has 0 saturated heterocycles. The first-order chi connectivity index (χ1) is 20.7. The number of aromatic amines is 2. The highest BCUT2D eigenvalue weighted by Crippen LogP contribution is 2.32. The fourth-order valence-electron chi connectivity index (χ4n) is 4.83. The van der Waals surface area contributed by atoms with Crippen molar-refractivity contribution in [1.82, 2.24) is 39.8 Å². The van der Waals surface area contributed by atoms with E-state index in [0.717, 1.165) is 23.6 Å². The molecular formula is C29H28FN9O3S. The summed E-state index contributed by atoms with van der Waals surface area (Å²) < 4.78 is 40.1. The van der Waals surface area contributed by atoms with Crippen molar-refractivity contribution in [2.24, 2.45) is 0 Å². The van der Waals surface area contributed by atoms with Gasteiger partial charge in [-0.1, -0.05) is 13.3 Å². The number of anilines is 1. The van der Waals surface area contributed by atoms with Crippen molar-refractivity contribution in [3.8, 4) is 33.9 Å². The van der Waals surface area contributed by atoms with Gasteiger partial charge in [-0.15, -0.1) is 0 Å². The lowest BCUT2D eigenvalue weighted by molar-refractivity contribution is 0.192. The van der Waals surface area contributed by atoms with Crippen LogP contribution in [-0.4, -0.2) is 61.1 Å². The highest BCUT2D eigenvalue weighted by molar-refractivity contribution is 7.88. The molecular weight excluding hydrogens is 573 g/mol. The zero-order valence-electron chi connectivity index (χ0n) is 23.3. The maximum absolute atomic E-state index is 14.6. The summed E-state index contributed by atoms with van der Waals surface area (Å²) in [5, 5.41) is 21.4. The van der Waals surface area contributed by atoms with E-state index in [1.807, 2.05) is 19.1 Å². The van der Waals surface area contributed by atoms with Crippen LogP contribution >= 0.6 is 0 Å². The maximum Gasteiger partial charge on any atom is 0.209 e. The van der Waals surface area contributed by atoms with Gasteiger partial charge in [-0.2, -0.15) is 5.10 Å². The number of rotatable bonds is 10. The molecule has 0 spiro atoms. The number of aliphatic hydroxyl groups is 1. The number of nitrogens with zero attached hydrogens (tertiary/aromatic N) is 5. The molecule has 1 unspecified atom stereocenters. The van der Waals surface area contributed by atoms with Gasteiger partial charge in [0.25, 0.3) is 0 Å². The molecule has 1 atom stereocenters. The van der Waals surface area contributed by atoms with Crippen LogP contribution in [0.5, 0.6) is 0 Å². The van der Waals surface area contributed by atoms with Gasteiger partial charge in [-0.3, -0.25) is 15.1 Å². The molecule has 5 N–H and O–H groups in total. The van der Waals surface area contributed by atoms with Crippen molar-refractivity contribution in [2.75, 3.05) is 11.6 Å². The number of aromatic nitrogens is 7. The number of halogens is 1. The number of aliphatic hydroxyl groups excluding tert-OH is 1. The summed E-state index contributed by atoms with van der Waals surface area (Å²) >= 11 is 0. The lowest BCUT2D eigenvalue weighted by Gasteiger charge is -2.13. The molecule has 0 aliphatic rings. The highest BCUT2D eigenvalue weighted by Gasteiger charge is 2.18. The Morgan fingerprint density at radius 3 is 2.74 bits per heavy atom. The Morgan fingerprint density at radius 2 is 1.93 bits per heavy atom. The van der Waals surface area contributed by atoms with Gasteiger partial charge in [-0.05, 0) is 53.9 Å². The largest absolute Gasteiger partial charge is 0.374 e. The number of fused-ring (bicyclic) bond motifs is 2. The van der Waals surface area contributed by atoms with E-state index in [1.54, 1.807) is 36.9 Å². The Balaban J connectivity index is 1.37. The molecule has 0 aliphatic carbocycles. The standard InChI is InChI=1S/C29H28FN9O3S/c1-3-4-25(40)35-20-10-18(13-31-14-20)23-11-22-24(15-33-23)38-39-27(22)29-36-26-21(5-6-32-28(26)37-29)17-7-16(8-19(30)9-17)12-34-43(2,41)42/h5-11,13-15,25,34-35,40H,3-4,12H2,1-2H3,(H,38,39)(H,32,36,37). The van der Waals surface area contributed by atoms with E-state index in [4.69, 9.17) is 4.98 Å². The van der Waals surface area contributed by atoms with Crippen LogP contribution in [0.4, 0.5) is 10.1 Å². The van der Waals surface area contributed by atoms with Crippen molar-refractivity contribution in [1.29, 1.82) is 0 Å². The molecule has 6 rings (SSSR count). The Morgan fingerprint density at radius 1 is 1.07 bits per heavy atom.